The summed E-state index contributed by atoms with van der Waals surface area (Å²) < 4.78 is 32.4. The summed E-state index contributed by atoms with van der Waals surface area (Å²) in [5.41, 5.74) is 0.252. The number of rotatable bonds is 6. The van der Waals surface area contributed by atoms with Gasteiger partial charge in [0.25, 0.3) is 0 Å². The van der Waals surface area contributed by atoms with E-state index in [1.54, 1.807) is 29.2 Å². The first-order chi connectivity index (χ1) is 17.5. The van der Waals surface area contributed by atoms with Gasteiger partial charge >= 0.3 is 6.09 Å². The Kier molecular flexibility index (Phi) is 6.47. The van der Waals surface area contributed by atoms with E-state index in [2.05, 4.69) is 20.3 Å². The highest BCUT2D eigenvalue weighted by Crippen LogP contribution is 2.43. The number of nitrogens with one attached hydrogen (secondary N) is 1. The minimum absolute atomic E-state index is 0.0933. The molecule has 2 aliphatic rings. The molecule has 5 rings (SSSR count). The number of anilines is 2. The SMILES string of the molecule is CC(C)(C)OC(=O)N1CC[C@H](Oc2ccc3ncnc(Nc4ccc(OC5(C)CC5)c(Cl)c4F)c3n2)C1. The van der Waals surface area contributed by atoms with Crippen LogP contribution < -0.4 is 14.8 Å². The molecule has 11 heteroatoms. The van der Waals surface area contributed by atoms with Gasteiger partial charge in [-0.25, -0.2) is 24.1 Å². The molecule has 0 spiro atoms. The maximum Gasteiger partial charge on any atom is 0.410 e. The zero-order chi connectivity index (χ0) is 26.4. The van der Waals surface area contributed by atoms with Gasteiger partial charge < -0.3 is 24.4 Å². The number of hydrogen-bond donors (Lipinski definition) is 1. The molecule has 2 aromatic heterocycles. The zero-order valence-corrected chi connectivity index (χ0v) is 21.9. The Morgan fingerprint density at radius 3 is 2.73 bits per heavy atom. The van der Waals surface area contributed by atoms with Crippen molar-refractivity contribution in [3.8, 4) is 11.6 Å². The second-order valence-corrected chi connectivity index (χ2v) is 11.0. The lowest BCUT2D eigenvalue weighted by molar-refractivity contribution is 0.0275. The van der Waals surface area contributed by atoms with Crippen LogP contribution in [0.25, 0.3) is 11.0 Å². The third kappa shape index (κ3) is 5.79. The van der Waals surface area contributed by atoms with Crippen LogP contribution >= 0.6 is 11.6 Å². The van der Waals surface area contributed by atoms with Gasteiger partial charge in [0.05, 0.1) is 17.7 Å². The van der Waals surface area contributed by atoms with E-state index in [0.29, 0.717) is 48.0 Å². The second-order valence-electron chi connectivity index (χ2n) is 10.6. The summed E-state index contributed by atoms with van der Waals surface area (Å²) in [6, 6.07) is 6.65. The number of fused-ring (bicyclic) bond motifs is 1. The van der Waals surface area contributed by atoms with Crippen LogP contribution in [0.3, 0.4) is 0 Å². The van der Waals surface area contributed by atoms with E-state index in [0.717, 1.165) is 12.8 Å². The molecule has 1 saturated heterocycles. The van der Waals surface area contributed by atoms with E-state index in [1.165, 1.54) is 6.33 Å². The number of ether oxygens (including phenoxy) is 3. The van der Waals surface area contributed by atoms with Crippen LogP contribution in [0.2, 0.25) is 5.02 Å². The summed E-state index contributed by atoms with van der Waals surface area (Å²) in [7, 11) is 0. The molecule has 2 fully saturated rings. The Balaban J connectivity index is 1.32. The Morgan fingerprint density at radius 1 is 1.22 bits per heavy atom. The number of aromatic nitrogens is 3. The molecular formula is C26H29ClFN5O4. The van der Waals surface area contributed by atoms with Gasteiger partial charge in [0.15, 0.2) is 11.6 Å². The number of carbonyl (C=O) groups excluding carboxylic acids is 1. The number of amides is 1. The lowest BCUT2D eigenvalue weighted by atomic mass is 10.2. The molecule has 37 heavy (non-hydrogen) atoms. The van der Waals surface area contributed by atoms with E-state index in [9.17, 15) is 4.79 Å². The fourth-order valence-electron chi connectivity index (χ4n) is 3.95. The molecule has 1 aromatic carbocycles. The Bertz CT molecular complexity index is 1340. The molecule has 1 saturated carbocycles. The smallest absolute Gasteiger partial charge is 0.410 e. The van der Waals surface area contributed by atoms with Crippen LogP contribution in [0.15, 0.2) is 30.6 Å². The molecule has 1 amide bonds. The van der Waals surface area contributed by atoms with Crippen LogP contribution in [-0.2, 0) is 4.74 Å². The Morgan fingerprint density at radius 2 is 2.00 bits per heavy atom. The highest BCUT2D eigenvalue weighted by Gasteiger charge is 2.40. The van der Waals surface area contributed by atoms with Crippen molar-refractivity contribution >= 4 is 40.2 Å². The van der Waals surface area contributed by atoms with Crippen molar-refractivity contribution in [1.29, 1.82) is 0 Å². The number of carbonyl (C=O) groups is 1. The second kappa shape index (κ2) is 9.48. The molecule has 1 N–H and O–H groups in total. The Labute approximate surface area is 219 Å². The van der Waals surface area contributed by atoms with Crippen LogP contribution in [0, 0.1) is 5.82 Å². The summed E-state index contributed by atoms with van der Waals surface area (Å²) in [4.78, 5) is 27.0. The fourth-order valence-corrected chi connectivity index (χ4v) is 4.15. The summed E-state index contributed by atoms with van der Waals surface area (Å²) in [5, 5.41) is 2.88. The van der Waals surface area contributed by atoms with Crippen molar-refractivity contribution in [3.63, 3.8) is 0 Å². The largest absolute Gasteiger partial charge is 0.486 e. The maximum absolute atomic E-state index is 15.1. The molecule has 1 aliphatic carbocycles. The third-order valence-electron chi connectivity index (χ3n) is 6.15. The molecular weight excluding hydrogens is 501 g/mol. The minimum atomic E-state index is -0.643. The zero-order valence-electron chi connectivity index (χ0n) is 21.2. The average Bonchev–Trinajstić information content (AvgIpc) is 3.37. The average molecular weight is 530 g/mol. The van der Waals surface area contributed by atoms with Gasteiger partial charge in [-0.2, -0.15) is 0 Å². The number of hydrogen-bond acceptors (Lipinski definition) is 8. The van der Waals surface area contributed by atoms with Gasteiger partial charge in [0.2, 0.25) is 5.88 Å². The van der Waals surface area contributed by atoms with Crippen LogP contribution in [0.5, 0.6) is 11.6 Å². The van der Waals surface area contributed by atoms with E-state index in [4.69, 9.17) is 25.8 Å². The van der Waals surface area contributed by atoms with Gasteiger partial charge in [-0.15, -0.1) is 0 Å². The topological polar surface area (TPSA) is 98.7 Å². The molecule has 0 unspecified atom stereocenters. The lowest BCUT2D eigenvalue weighted by Gasteiger charge is -2.24. The maximum atomic E-state index is 15.1. The molecule has 196 valence electrons. The van der Waals surface area contributed by atoms with Gasteiger partial charge in [0, 0.05) is 19.0 Å². The molecule has 3 aromatic rings. The number of likely N-dealkylation sites (tertiary alicyclic amines) is 1. The fraction of sp³-hybridized carbons (Fsp3) is 0.462. The number of halogens is 2. The molecule has 0 radical (unpaired) electrons. The predicted molar refractivity (Wildman–Crippen MR) is 137 cm³/mol. The summed E-state index contributed by atoms with van der Waals surface area (Å²) >= 11 is 6.26. The van der Waals surface area contributed by atoms with Crippen molar-refractivity contribution in [3.05, 3.63) is 41.4 Å². The standard InChI is InChI=1S/C26H29ClFN5O4/c1-25(2,3)37-24(34)33-12-9-15(13-33)35-19-8-6-17-22(32-19)23(30-14-29-17)31-16-5-7-18(20(27)21(16)28)36-26(4)10-11-26/h5-8,14-15H,9-13H2,1-4H3,(H,29,30,31)/t15-/m0/s1. The number of nitrogens with zero attached hydrogens (tertiary/aromatic N) is 4. The quantitative estimate of drug-likeness (QED) is 0.422. The highest BCUT2D eigenvalue weighted by atomic mass is 35.5. The molecule has 0 bridgehead atoms. The predicted octanol–water partition coefficient (Wildman–Crippen LogP) is 5.88. The van der Waals surface area contributed by atoms with Crippen LogP contribution in [0.1, 0.15) is 47.0 Å². The first-order valence-corrected chi connectivity index (χ1v) is 12.6. The van der Waals surface area contributed by atoms with Crippen molar-refractivity contribution in [1.82, 2.24) is 19.9 Å². The van der Waals surface area contributed by atoms with Gasteiger partial charge in [-0.3, -0.25) is 0 Å². The first-order valence-electron chi connectivity index (χ1n) is 12.2. The lowest BCUT2D eigenvalue weighted by Crippen LogP contribution is -2.36. The molecule has 9 nitrogen and oxygen atoms in total. The van der Waals surface area contributed by atoms with Crippen molar-refractivity contribution in [2.45, 2.75) is 64.3 Å². The van der Waals surface area contributed by atoms with Gasteiger partial charge in [-0.05, 0) is 58.7 Å². The monoisotopic (exact) mass is 529 g/mol. The number of benzene rings is 1. The molecule has 1 aliphatic heterocycles. The summed E-state index contributed by atoms with van der Waals surface area (Å²) in [5.74, 6) is 0.315. The van der Waals surface area contributed by atoms with E-state index >= 15 is 4.39 Å². The van der Waals surface area contributed by atoms with Crippen LogP contribution in [0.4, 0.5) is 20.7 Å². The highest BCUT2D eigenvalue weighted by molar-refractivity contribution is 6.32. The van der Waals surface area contributed by atoms with Crippen molar-refractivity contribution in [2.24, 2.45) is 0 Å². The normalized spacial score (nSPS) is 18.5. The molecule has 1 atom stereocenters. The summed E-state index contributed by atoms with van der Waals surface area (Å²) in [6.45, 7) is 8.38. The minimum Gasteiger partial charge on any atom is -0.486 e. The van der Waals surface area contributed by atoms with E-state index in [1.807, 2.05) is 27.7 Å². The first kappa shape index (κ1) is 25.3. The third-order valence-corrected chi connectivity index (χ3v) is 6.50. The van der Waals surface area contributed by atoms with E-state index < -0.39 is 11.4 Å². The Hall–Kier alpha value is -3.40. The number of pyridine rings is 1. The van der Waals surface area contributed by atoms with Crippen molar-refractivity contribution in [2.75, 3.05) is 18.4 Å². The van der Waals surface area contributed by atoms with Crippen molar-refractivity contribution < 1.29 is 23.4 Å². The van der Waals surface area contributed by atoms with Gasteiger partial charge in [-0.1, -0.05) is 11.6 Å². The summed E-state index contributed by atoms with van der Waals surface area (Å²) in [6.07, 6.45) is 3.23. The molecule has 3 heterocycles. The van der Waals surface area contributed by atoms with Gasteiger partial charge in [0.1, 0.15) is 39.9 Å². The van der Waals surface area contributed by atoms with Crippen LogP contribution in [-0.4, -0.2) is 56.3 Å². The van der Waals surface area contributed by atoms with E-state index in [-0.39, 0.29) is 28.5 Å².